The van der Waals surface area contributed by atoms with Crippen LogP contribution in [-0.2, 0) is 9.47 Å². The van der Waals surface area contributed by atoms with Crippen LogP contribution in [0, 0.1) is 0 Å². The maximum Gasteiger partial charge on any atom is 0.409 e. The molecule has 1 aliphatic heterocycles. The molecule has 0 radical (unpaired) electrons. The van der Waals surface area contributed by atoms with E-state index in [0.717, 1.165) is 11.3 Å². The van der Waals surface area contributed by atoms with Gasteiger partial charge in [0.1, 0.15) is 10.9 Å². The first-order valence-electron chi connectivity index (χ1n) is 10.0. The molecule has 0 aromatic carbocycles. The average molecular weight is 446 g/mol. The van der Waals surface area contributed by atoms with Gasteiger partial charge in [-0.05, 0) is 19.8 Å². The lowest BCUT2D eigenvalue weighted by molar-refractivity contribution is -0.0214. The standard InChI is InChI=1S/C14H19N5O6S.2C2H6/c1-2-23-13(21)16-6-24-11-9-10(17-12(15)18-11)19(14(22)26-9)8-4-3-7(5-20)25-8;2*1-2/h7-8,20H,2-6H2,1H3,(H,16,21)(H2,15,17,18);2*1-2H3. The monoisotopic (exact) mass is 445 g/mol. The molecule has 0 aliphatic carbocycles. The molecule has 1 saturated heterocycles. The molecule has 2 unspecified atom stereocenters. The molecular formula is C18H31N5O6S. The highest BCUT2D eigenvalue weighted by atomic mass is 32.1. The molecule has 0 saturated carbocycles. The summed E-state index contributed by atoms with van der Waals surface area (Å²) in [6.45, 7) is 9.60. The summed E-state index contributed by atoms with van der Waals surface area (Å²) < 4.78 is 17.6. The molecule has 4 N–H and O–H groups in total. The van der Waals surface area contributed by atoms with Gasteiger partial charge < -0.3 is 25.1 Å². The molecule has 30 heavy (non-hydrogen) atoms. The van der Waals surface area contributed by atoms with Gasteiger partial charge in [0.25, 0.3) is 0 Å². The van der Waals surface area contributed by atoms with Gasteiger partial charge in [-0.1, -0.05) is 39.0 Å². The molecule has 11 nitrogen and oxygen atoms in total. The van der Waals surface area contributed by atoms with Crippen molar-refractivity contribution in [3.05, 3.63) is 9.67 Å². The number of amides is 1. The van der Waals surface area contributed by atoms with Crippen molar-refractivity contribution in [1.29, 1.82) is 0 Å². The van der Waals surface area contributed by atoms with Crippen molar-refractivity contribution in [2.75, 3.05) is 25.7 Å². The van der Waals surface area contributed by atoms with Gasteiger partial charge in [-0.2, -0.15) is 9.97 Å². The second kappa shape index (κ2) is 13.0. The van der Waals surface area contributed by atoms with Crippen molar-refractivity contribution < 1.29 is 24.1 Å². The minimum absolute atomic E-state index is 0.0770. The summed E-state index contributed by atoms with van der Waals surface area (Å²) in [6.07, 6.45) is -0.274. The first-order chi connectivity index (χ1) is 14.5. The predicted octanol–water partition coefficient (Wildman–Crippen LogP) is 2.24. The van der Waals surface area contributed by atoms with Gasteiger partial charge in [0.15, 0.2) is 12.4 Å². The predicted molar refractivity (Wildman–Crippen MR) is 115 cm³/mol. The second-order valence-electron chi connectivity index (χ2n) is 5.44. The van der Waals surface area contributed by atoms with Gasteiger partial charge in [0.05, 0.1) is 19.3 Å². The van der Waals surface area contributed by atoms with Crippen LogP contribution < -0.4 is 20.7 Å². The zero-order valence-corrected chi connectivity index (χ0v) is 18.8. The SMILES string of the molecule is CC.CC.CCOC(=O)NCOc1nc(N)nc2c1sc(=O)n2C1CCC(CO)O1. The number of nitrogen functional groups attached to an aromatic ring is 1. The van der Waals surface area contributed by atoms with Crippen LogP contribution in [0.1, 0.15) is 53.7 Å². The number of carbonyl (C=O) groups is 1. The lowest BCUT2D eigenvalue weighted by atomic mass is 10.2. The zero-order chi connectivity index (χ0) is 22.7. The van der Waals surface area contributed by atoms with Gasteiger partial charge in [0, 0.05) is 0 Å². The van der Waals surface area contributed by atoms with E-state index in [-0.39, 0.29) is 42.7 Å². The van der Waals surface area contributed by atoms with E-state index in [4.69, 9.17) is 19.9 Å². The molecule has 2 atom stereocenters. The lowest BCUT2D eigenvalue weighted by Crippen LogP contribution is -2.28. The number of rotatable bonds is 6. The molecule has 1 fully saturated rings. The smallest absolute Gasteiger partial charge is 0.409 e. The number of aromatic nitrogens is 3. The molecule has 0 bridgehead atoms. The van der Waals surface area contributed by atoms with Crippen molar-refractivity contribution in [1.82, 2.24) is 19.9 Å². The van der Waals surface area contributed by atoms with Crippen LogP contribution in [-0.4, -0.2) is 51.8 Å². The maximum atomic E-state index is 12.4. The number of anilines is 1. The number of carbonyl (C=O) groups excluding carboxylic acids is 1. The van der Waals surface area contributed by atoms with Crippen molar-refractivity contribution in [2.45, 2.75) is 59.8 Å². The van der Waals surface area contributed by atoms with Crippen molar-refractivity contribution >= 4 is 33.7 Å². The fourth-order valence-corrected chi connectivity index (χ4v) is 3.52. The number of alkyl carbamates (subject to hydrolysis) is 1. The molecule has 2 aromatic rings. The third kappa shape index (κ3) is 6.28. The van der Waals surface area contributed by atoms with Crippen LogP contribution in [0.2, 0.25) is 0 Å². The highest BCUT2D eigenvalue weighted by Gasteiger charge is 2.30. The van der Waals surface area contributed by atoms with E-state index < -0.39 is 12.3 Å². The number of hydrogen-bond acceptors (Lipinski definition) is 10. The molecule has 3 heterocycles. The Balaban J connectivity index is 0.00000106. The summed E-state index contributed by atoms with van der Waals surface area (Å²) in [5.41, 5.74) is 6.02. The minimum Gasteiger partial charge on any atom is -0.455 e. The quantitative estimate of drug-likeness (QED) is 0.568. The molecule has 12 heteroatoms. The van der Waals surface area contributed by atoms with Crippen LogP contribution in [0.4, 0.5) is 10.7 Å². The van der Waals surface area contributed by atoms with Crippen molar-refractivity contribution in [3.8, 4) is 5.88 Å². The van der Waals surface area contributed by atoms with E-state index in [1.165, 1.54) is 4.57 Å². The summed E-state index contributed by atoms with van der Waals surface area (Å²) >= 11 is 0.894. The van der Waals surface area contributed by atoms with E-state index in [0.29, 0.717) is 23.2 Å². The molecule has 0 spiro atoms. The molecule has 170 valence electrons. The van der Waals surface area contributed by atoms with Crippen LogP contribution in [0.25, 0.3) is 10.3 Å². The van der Waals surface area contributed by atoms with E-state index in [2.05, 4.69) is 15.3 Å². The first kappa shape index (κ1) is 25.6. The Kier molecular flexibility index (Phi) is 11.1. The number of nitrogens with zero attached hydrogens (tertiary/aromatic N) is 3. The third-order valence-electron chi connectivity index (χ3n) is 3.73. The Morgan fingerprint density at radius 3 is 2.63 bits per heavy atom. The second-order valence-corrected chi connectivity index (χ2v) is 6.40. The molecule has 1 aliphatic rings. The highest BCUT2D eigenvalue weighted by Crippen LogP contribution is 2.33. The topological polar surface area (TPSA) is 151 Å². The Labute approximate surface area is 179 Å². The van der Waals surface area contributed by atoms with Crippen LogP contribution in [0.3, 0.4) is 0 Å². The lowest BCUT2D eigenvalue weighted by Gasteiger charge is -2.14. The Hall–Kier alpha value is -2.44. The average Bonchev–Trinajstić information content (AvgIpc) is 3.34. The van der Waals surface area contributed by atoms with Crippen LogP contribution in [0.5, 0.6) is 5.88 Å². The van der Waals surface area contributed by atoms with Crippen molar-refractivity contribution in [3.63, 3.8) is 0 Å². The third-order valence-corrected chi connectivity index (χ3v) is 4.66. The molecule has 2 aromatic heterocycles. The van der Waals surface area contributed by atoms with Crippen LogP contribution >= 0.6 is 11.3 Å². The Morgan fingerprint density at radius 1 is 1.33 bits per heavy atom. The number of ether oxygens (including phenoxy) is 3. The van der Waals surface area contributed by atoms with Crippen LogP contribution in [0.15, 0.2) is 4.79 Å². The Morgan fingerprint density at radius 2 is 2.03 bits per heavy atom. The van der Waals surface area contributed by atoms with Gasteiger partial charge >= 0.3 is 11.0 Å². The normalized spacial score (nSPS) is 17.4. The fraction of sp³-hybridized carbons (Fsp3) is 0.667. The maximum absolute atomic E-state index is 12.4. The summed E-state index contributed by atoms with van der Waals surface area (Å²) in [5, 5.41) is 11.6. The fourth-order valence-electron chi connectivity index (χ4n) is 2.62. The number of hydrogen-bond donors (Lipinski definition) is 3. The van der Waals surface area contributed by atoms with E-state index in [1.54, 1.807) is 6.92 Å². The number of fused-ring (bicyclic) bond motifs is 1. The molecule has 3 rings (SSSR count). The summed E-state index contributed by atoms with van der Waals surface area (Å²) in [4.78, 5) is 31.5. The molecule has 1 amide bonds. The Bertz CT molecular complexity index is 855. The zero-order valence-electron chi connectivity index (χ0n) is 18.0. The number of nitrogens with two attached hydrogens (primary N) is 1. The van der Waals surface area contributed by atoms with Gasteiger partial charge in [-0.3, -0.25) is 14.7 Å². The summed E-state index contributed by atoms with van der Waals surface area (Å²) in [6, 6.07) is 0. The van der Waals surface area contributed by atoms with E-state index in [9.17, 15) is 14.7 Å². The van der Waals surface area contributed by atoms with Crippen molar-refractivity contribution in [2.24, 2.45) is 0 Å². The van der Waals surface area contributed by atoms with Gasteiger partial charge in [-0.25, -0.2) is 4.79 Å². The number of aliphatic hydroxyl groups is 1. The summed E-state index contributed by atoms with van der Waals surface area (Å²) in [7, 11) is 0. The first-order valence-corrected chi connectivity index (χ1v) is 10.8. The van der Waals surface area contributed by atoms with E-state index >= 15 is 0 Å². The number of aliphatic hydroxyl groups excluding tert-OH is 1. The molecular weight excluding hydrogens is 414 g/mol. The number of thiazole rings is 1. The van der Waals surface area contributed by atoms with Gasteiger partial charge in [0.2, 0.25) is 11.8 Å². The van der Waals surface area contributed by atoms with Gasteiger partial charge in [-0.15, -0.1) is 0 Å². The van der Waals surface area contributed by atoms with E-state index in [1.807, 2.05) is 27.7 Å². The largest absolute Gasteiger partial charge is 0.455 e. The summed E-state index contributed by atoms with van der Waals surface area (Å²) in [5.74, 6) is 0.00810. The highest BCUT2D eigenvalue weighted by molar-refractivity contribution is 7.16. The number of nitrogens with one attached hydrogen (secondary N) is 1. The minimum atomic E-state index is -0.633.